The van der Waals surface area contributed by atoms with Gasteiger partial charge in [-0.05, 0) is 26.0 Å². The number of rotatable bonds is 9. The number of methoxy groups -OCH3 is 1. The summed E-state index contributed by atoms with van der Waals surface area (Å²) >= 11 is 0. The second kappa shape index (κ2) is 10.9. The van der Waals surface area contributed by atoms with Crippen LogP contribution < -0.4 is 14.8 Å². The van der Waals surface area contributed by atoms with Gasteiger partial charge in [-0.25, -0.2) is 0 Å². The molecule has 4 heteroatoms. The molecule has 0 aliphatic heterocycles. The Bertz CT molecular complexity index is 345. The molecule has 0 aliphatic carbocycles. The fourth-order valence-electron chi connectivity index (χ4n) is 1.89. The Kier molecular flexibility index (Phi) is 10.4. The second-order valence-electron chi connectivity index (χ2n) is 4.27. The fourth-order valence-corrected chi connectivity index (χ4v) is 1.89. The maximum absolute atomic E-state index is 5.67. The zero-order valence-corrected chi connectivity index (χ0v) is 13.0. The lowest BCUT2D eigenvalue weighted by Gasteiger charge is -2.14. The van der Waals surface area contributed by atoms with Crippen molar-refractivity contribution in [2.45, 2.75) is 39.7 Å². The minimum Gasteiger partial charge on any atom is -0.493 e. The molecule has 0 aromatic heterocycles. The zero-order valence-electron chi connectivity index (χ0n) is 12.2. The van der Waals surface area contributed by atoms with Gasteiger partial charge in [-0.2, -0.15) is 0 Å². The highest BCUT2D eigenvalue weighted by Gasteiger charge is 2.09. The average molecular weight is 288 g/mol. The lowest BCUT2D eigenvalue weighted by atomic mass is 10.1. The van der Waals surface area contributed by atoms with Gasteiger partial charge in [0.1, 0.15) is 0 Å². The Hall–Kier alpha value is -0.930. The van der Waals surface area contributed by atoms with Crippen molar-refractivity contribution in [2.24, 2.45) is 0 Å². The first-order valence-electron chi connectivity index (χ1n) is 6.82. The molecule has 0 fully saturated rings. The molecule has 19 heavy (non-hydrogen) atoms. The highest BCUT2D eigenvalue weighted by Crippen LogP contribution is 2.30. The summed E-state index contributed by atoms with van der Waals surface area (Å²) in [6.07, 6.45) is 3.76. The number of para-hydroxylation sites is 1. The van der Waals surface area contributed by atoms with Gasteiger partial charge < -0.3 is 14.8 Å². The van der Waals surface area contributed by atoms with Crippen LogP contribution in [-0.2, 0) is 6.54 Å². The van der Waals surface area contributed by atoms with E-state index in [4.69, 9.17) is 9.47 Å². The third-order valence-corrected chi connectivity index (χ3v) is 2.84. The van der Waals surface area contributed by atoms with Crippen LogP contribution in [0, 0.1) is 0 Å². The predicted octanol–water partition coefficient (Wildman–Crippen LogP) is 3.80. The van der Waals surface area contributed by atoms with Crippen LogP contribution in [0.2, 0.25) is 0 Å². The predicted molar refractivity (Wildman–Crippen MR) is 82.6 cm³/mol. The van der Waals surface area contributed by atoms with Gasteiger partial charge in [0.05, 0.1) is 13.7 Å². The quantitative estimate of drug-likeness (QED) is 0.701. The van der Waals surface area contributed by atoms with Crippen molar-refractivity contribution in [2.75, 3.05) is 20.3 Å². The summed E-state index contributed by atoms with van der Waals surface area (Å²) in [6.45, 7) is 6.75. The van der Waals surface area contributed by atoms with Crippen molar-refractivity contribution in [3.8, 4) is 11.5 Å². The van der Waals surface area contributed by atoms with E-state index >= 15 is 0 Å². The number of ether oxygens (including phenoxy) is 2. The van der Waals surface area contributed by atoms with E-state index in [9.17, 15) is 0 Å². The maximum atomic E-state index is 5.67. The smallest absolute Gasteiger partial charge is 0.165 e. The van der Waals surface area contributed by atoms with Crippen LogP contribution in [0.5, 0.6) is 11.5 Å². The van der Waals surface area contributed by atoms with Crippen molar-refractivity contribution >= 4 is 12.4 Å². The second-order valence-corrected chi connectivity index (χ2v) is 4.27. The standard InChI is InChI=1S/C15H25NO2.ClH/c1-4-6-7-11-16-12-13-9-8-10-14(17-3)15(13)18-5-2;/h8-10,16H,4-7,11-12H2,1-3H3;1H. The molecule has 1 aromatic carbocycles. The molecule has 3 nitrogen and oxygen atoms in total. The van der Waals surface area contributed by atoms with Crippen molar-refractivity contribution in [1.29, 1.82) is 0 Å². The largest absolute Gasteiger partial charge is 0.493 e. The monoisotopic (exact) mass is 287 g/mol. The molecular weight excluding hydrogens is 262 g/mol. The minimum atomic E-state index is 0. The van der Waals surface area contributed by atoms with Gasteiger partial charge in [0.2, 0.25) is 0 Å². The Morgan fingerprint density at radius 2 is 1.95 bits per heavy atom. The Balaban J connectivity index is 0.00000324. The normalized spacial score (nSPS) is 9.84. The number of unbranched alkanes of at least 4 members (excludes halogenated alkanes) is 2. The van der Waals surface area contributed by atoms with Crippen LogP contribution in [-0.4, -0.2) is 20.3 Å². The van der Waals surface area contributed by atoms with Crippen molar-refractivity contribution in [3.63, 3.8) is 0 Å². The van der Waals surface area contributed by atoms with Crippen molar-refractivity contribution < 1.29 is 9.47 Å². The zero-order chi connectivity index (χ0) is 13.2. The van der Waals surface area contributed by atoms with Gasteiger partial charge in [-0.15, -0.1) is 12.4 Å². The number of benzene rings is 1. The maximum Gasteiger partial charge on any atom is 0.165 e. The van der Waals surface area contributed by atoms with Crippen molar-refractivity contribution in [1.82, 2.24) is 5.32 Å². The summed E-state index contributed by atoms with van der Waals surface area (Å²) in [7, 11) is 1.68. The number of halogens is 1. The first-order valence-corrected chi connectivity index (χ1v) is 6.82. The molecule has 0 unspecified atom stereocenters. The summed E-state index contributed by atoms with van der Waals surface area (Å²) in [5, 5.41) is 3.45. The van der Waals surface area contributed by atoms with Gasteiger partial charge in [0, 0.05) is 12.1 Å². The molecule has 0 saturated heterocycles. The SMILES string of the molecule is CCCCCNCc1cccc(OC)c1OCC.Cl. The van der Waals surface area contributed by atoms with Gasteiger partial charge in [0.15, 0.2) is 11.5 Å². The van der Waals surface area contributed by atoms with E-state index in [0.717, 1.165) is 30.2 Å². The van der Waals surface area contributed by atoms with E-state index in [-0.39, 0.29) is 12.4 Å². The first-order chi connectivity index (χ1) is 8.83. The van der Waals surface area contributed by atoms with E-state index in [1.807, 2.05) is 19.1 Å². The summed E-state index contributed by atoms with van der Waals surface area (Å²) in [4.78, 5) is 0. The summed E-state index contributed by atoms with van der Waals surface area (Å²) < 4.78 is 11.0. The van der Waals surface area contributed by atoms with Crippen LogP contribution >= 0.6 is 12.4 Å². The van der Waals surface area contributed by atoms with Gasteiger partial charge in [0.25, 0.3) is 0 Å². The molecule has 0 aliphatic rings. The molecule has 0 saturated carbocycles. The van der Waals surface area contributed by atoms with E-state index in [1.54, 1.807) is 7.11 Å². The average Bonchev–Trinajstić information content (AvgIpc) is 2.40. The molecule has 0 bridgehead atoms. The Labute approximate surface area is 123 Å². The third kappa shape index (κ3) is 6.17. The van der Waals surface area contributed by atoms with E-state index in [1.165, 1.54) is 19.3 Å². The van der Waals surface area contributed by atoms with Crippen molar-refractivity contribution in [3.05, 3.63) is 23.8 Å². The van der Waals surface area contributed by atoms with Gasteiger partial charge in [-0.1, -0.05) is 31.9 Å². The van der Waals surface area contributed by atoms with E-state index < -0.39 is 0 Å². The molecule has 0 spiro atoms. The van der Waals surface area contributed by atoms with Crippen LogP contribution in [0.3, 0.4) is 0 Å². The molecule has 110 valence electrons. The molecule has 0 heterocycles. The van der Waals surface area contributed by atoms with Crippen LogP contribution in [0.4, 0.5) is 0 Å². The number of nitrogens with one attached hydrogen (secondary N) is 1. The molecular formula is C15H26ClNO2. The molecule has 0 amide bonds. The van der Waals surface area contributed by atoms with Gasteiger partial charge in [-0.3, -0.25) is 0 Å². The summed E-state index contributed by atoms with van der Waals surface area (Å²) in [5.74, 6) is 1.68. The molecule has 0 atom stereocenters. The summed E-state index contributed by atoms with van der Waals surface area (Å²) in [6, 6.07) is 6.02. The topological polar surface area (TPSA) is 30.5 Å². The Morgan fingerprint density at radius 1 is 1.16 bits per heavy atom. The Morgan fingerprint density at radius 3 is 2.58 bits per heavy atom. The number of hydrogen-bond acceptors (Lipinski definition) is 3. The first kappa shape index (κ1) is 18.1. The highest BCUT2D eigenvalue weighted by atomic mass is 35.5. The molecule has 1 aromatic rings. The van der Waals surface area contributed by atoms with Crippen LogP contribution in [0.15, 0.2) is 18.2 Å². The molecule has 0 radical (unpaired) electrons. The third-order valence-electron chi connectivity index (χ3n) is 2.84. The molecule has 1 rings (SSSR count). The number of hydrogen-bond donors (Lipinski definition) is 1. The minimum absolute atomic E-state index is 0. The van der Waals surface area contributed by atoms with E-state index in [0.29, 0.717) is 6.61 Å². The lowest BCUT2D eigenvalue weighted by Crippen LogP contribution is -2.15. The van der Waals surface area contributed by atoms with Crippen LogP contribution in [0.1, 0.15) is 38.7 Å². The van der Waals surface area contributed by atoms with Crippen LogP contribution in [0.25, 0.3) is 0 Å². The molecule has 1 N–H and O–H groups in total. The van der Waals surface area contributed by atoms with E-state index in [2.05, 4.69) is 18.3 Å². The fraction of sp³-hybridized carbons (Fsp3) is 0.600. The summed E-state index contributed by atoms with van der Waals surface area (Å²) in [5.41, 5.74) is 1.16. The van der Waals surface area contributed by atoms with Gasteiger partial charge >= 0.3 is 0 Å². The highest BCUT2D eigenvalue weighted by molar-refractivity contribution is 5.85. The lowest BCUT2D eigenvalue weighted by molar-refractivity contribution is 0.306.